The van der Waals surface area contributed by atoms with Crippen molar-refractivity contribution in [2.24, 2.45) is 5.73 Å². The van der Waals surface area contributed by atoms with Gasteiger partial charge in [0.25, 0.3) is 0 Å². The standard InChI is InChI=1S/C16H19N3O/c1-11-2-3-13-9-14(5-4-12(13)8-11)15-10-19(7-6-17)16(20)18-15/h2-5,8-9,15H,6-7,10,17H2,1H3,(H,18,20). The molecule has 104 valence electrons. The van der Waals surface area contributed by atoms with Crippen LogP contribution in [0.4, 0.5) is 4.79 Å². The number of benzene rings is 2. The number of nitrogens with zero attached hydrogens (tertiary/aromatic N) is 1. The molecule has 1 unspecified atom stereocenters. The van der Waals surface area contributed by atoms with Gasteiger partial charge in [-0.3, -0.25) is 0 Å². The van der Waals surface area contributed by atoms with Gasteiger partial charge in [0.1, 0.15) is 0 Å². The van der Waals surface area contributed by atoms with E-state index in [1.165, 1.54) is 16.3 Å². The number of fused-ring (bicyclic) bond motifs is 1. The lowest BCUT2D eigenvalue weighted by atomic mass is 10.0. The monoisotopic (exact) mass is 269 g/mol. The fraction of sp³-hybridized carbons (Fsp3) is 0.312. The molecule has 2 aromatic carbocycles. The van der Waals surface area contributed by atoms with Gasteiger partial charge in [0.2, 0.25) is 0 Å². The van der Waals surface area contributed by atoms with Gasteiger partial charge in [-0.25, -0.2) is 4.79 Å². The summed E-state index contributed by atoms with van der Waals surface area (Å²) in [6, 6.07) is 12.8. The second kappa shape index (κ2) is 5.13. The second-order valence-corrected chi connectivity index (χ2v) is 5.35. The number of nitrogens with one attached hydrogen (secondary N) is 1. The zero-order chi connectivity index (χ0) is 14.1. The summed E-state index contributed by atoms with van der Waals surface area (Å²) in [7, 11) is 0. The van der Waals surface area contributed by atoms with Crippen LogP contribution in [0.15, 0.2) is 36.4 Å². The zero-order valence-electron chi connectivity index (χ0n) is 11.6. The average Bonchev–Trinajstić information content (AvgIpc) is 2.80. The average molecular weight is 269 g/mol. The largest absolute Gasteiger partial charge is 0.329 e. The van der Waals surface area contributed by atoms with Crippen LogP contribution >= 0.6 is 0 Å². The van der Waals surface area contributed by atoms with Gasteiger partial charge >= 0.3 is 6.03 Å². The van der Waals surface area contributed by atoms with E-state index >= 15 is 0 Å². The van der Waals surface area contributed by atoms with E-state index in [1.54, 1.807) is 4.90 Å². The van der Waals surface area contributed by atoms with Gasteiger partial charge < -0.3 is 16.0 Å². The summed E-state index contributed by atoms with van der Waals surface area (Å²) < 4.78 is 0. The predicted octanol–water partition coefficient (Wildman–Crippen LogP) is 2.17. The van der Waals surface area contributed by atoms with Crippen molar-refractivity contribution in [3.63, 3.8) is 0 Å². The van der Waals surface area contributed by atoms with Gasteiger partial charge in [-0.05, 0) is 29.3 Å². The summed E-state index contributed by atoms with van der Waals surface area (Å²) in [5.74, 6) is 0. The van der Waals surface area contributed by atoms with Gasteiger partial charge in [0.15, 0.2) is 0 Å². The number of aryl methyl sites for hydroxylation is 1. The first-order chi connectivity index (χ1) is 9.67. The third kappa shape index (κ3) is 2.34. The van der Waals surface area contributed by atoms with Crippen molar-refractivity contribution in [1.29, 1.82) is 0 Å². The third-order valence-electron chi connectivity index (χ3n) is 3.81. The Morgan fingerprint density at radius 3 is 2.80 bits per heavy atom. The number of urea groups is 1. The Kier molecular flexibility index (Phi) is 3.32. The molecule has 3 rings (SSSR count). The van der Waals surface area contributed by atoms with Crippen molar-refractivity contribution >= 4 is 16.8 Å². The molecule has 1 fully saturated rings. The Hall–Kier alpha value is -2.07. The number of carbonyl (C=O) groups excluding carboxylic acids is 1. The van der Waals surface area contributed by atoms with Crippen LogP contribution in [0.2, 0.25) is 0 Å². The van der Waals surface area contributed by atoms with Gasteiger partial charge in [-0.1, -0.05) is 35.9 Å². The minimum Gasteiger partial charge on any atom is -0.329 e. The van der Waals surface area contributed by atoms with Crippen LogP contribution in [0.5, 0.6) is 0 Å². The topological polar surface area (TPSA) is 58.4 Å². The van der Waals surface area contributed by atoms with E-state index in [9.17, 15) is 4.79 Å². The molecule has 0 saturated carbocycles. The van der Waals surface area contributed by atoms with Crippen LogP contribution in [0.3, 0.4) is 0 Å². The van der Waals surface area contributed by atoms with Gasteiger partial charge in [0.05, 0.1) is 6.04 Å². The van der Waals surface area contributed by atoms with E-state index < -0.39 is 0 Å². The summed E-state index contributed by atoms with van der Waals surface area (Å²) in [6.45, 7) is 3.88. The number of nitrogens with two attached hydrogens (primary N) is 1. The molecule has 1 saturated heterocycles. The summed E-state index contributed by atoms with van der Waals surface area (Å²) in [4.78, 5) is 13.6. The quantitative estimate of drug-likeness (QED) is 0.897. The molecular formula is C16H19N3O. The molecule has 0 radical (unpaired) electrons. The highest BCUT2D eigenvalue weighted by Crippen LogP contribution is 2.24. The minimum absolute atomic E-state index is 0.0237. The molecule has 1 heterocycles. The van der Waals surface area contributed by atoms with Gasteiger partial charge in [0, 0.05) is 19.6 Å². The smallest absolute Gasteiger partial charge is 0.318 e. The van der Waals surface area contributed by atoms with E-state index in [-0.39, 0.29) is 12.1 Å². The molecule has 2 amide bonds. The Morgan fingerprint density at radius 1 is 1.25 bits per heavy atom. The fourth-order valence-corrected chi connectivity index (χ4v) is 2.73. The van der Waals surface area contributed by atoms with Crippen LogP contribution in [0.25, 0.3) is 10.8 Å². The number of amides is 2. The normalized spacial score (nSPS) is 18.6. The molecule has 1 atom stereocenters. The first-order valence-electron chi connectivity index (χ1n) is 6.93. The molecule has 0 spiro atoms. The molecule has 4 nitrogen and oxygen atoms in total. The SMILES string of the molecule is Cc1ccc2cc(C3CN(CCN)C(=O)N3)ccc2c1. The van der Waals surface area contributed by atoms with E-state index in [0.29, 0.717) is 19.6 Å². The van der Waals surface area contributed by atoms with E-state index in [1.807, 2.05) is 0 Å². The van der Waals surface area contributed by atoms with Crippen LogP contribution < -0.4 is 11.1 Å². The maximum atomic E-state index is 11.8. The van der Waals surface area contributed by atoms with Crippen molar-refractivity contribution in [3.05, 3.63) is 47.5 Å². The molecule has 4 heteroatoms. The highest BCUT2D eigenvalue weighted by Gasteiger charge is 2.28. The minimum atomic E-state index is -0.0237. The van der Waals surface area contributed by atoms with Crippen molar-refractivity contribution in [2.75, 3.05) is 19.6 Å². The summed E-state index contributed by atoms with van der Waals surface area (Å²) in [5.41, 5.74) is 7.93. The lowest BCUT2D eigenvalue weighted by Gasteiger charge is -2.13. The maximum absolute atomic E-state index is 11.8. The van der Waals surface area contributed by atoms with Crippen molar-refractivity contribution in [3.8, 4) is 0 Å². The summed E-state index contributed by atoms with van der Waals surface area (Å²) in [5, 5.41) is 5.45. The second-order valence-electron chi connectivity index (χ2n) is 5.35. The molecule has 20 heavy (non-hydrogen) atoms. The van der Waals surface area contributed by atoms with Crippen LogP contribution in [0, 0.1) is 6.92 Å². The Morgan fingerprint density at radius 2 is 2.00 bits per heavy atom. The predicted molar refractivity (Wildman–Crippen MR) is 80.6 cm³/mol. The Bertz CT molecular complexity index is 653. The van der Waals surface area contributed by atoms with E-state index in [4.69, 9.17) is 5.73 Å². The first kappa shape index (κ1) is 12.9. The molecule has 1 aliphatic rings. The van der Waals surface area contributed by atoms with Crippen LogP contribution in [-0.4, -0.2) is 30.6 Å². The third-order valence-corrected chi connectivity index (χ3v) is 3.81. The summed E-state index contributed by atoms with van der Waals surface area (Å²) >= 11 is 0. The number of rotatable bonds is 3. The number of carbonyl (C=O) groups is 1. The zero-order valence-corrected chi connectivity index (χ0v) is 11.6. The molecule has 3 N–H and O–H groups in total. The highest BCUT2D eigenvalue weighted by atomic mass is 16.2. The van der Waals surface area contributed by atoms with Crippen molar-refractivity contribution in [1.82, 2.24) is 10.2 Å². The molecule has 1 aliphatic heterocycles. The molecule has 0 aliphatic carbocycles. The molecule has 0 aromatic heterocycles. The summed E-state index contributed by atoms with van der Waals surface area (Å²) in [6.07, 6.45) is 0. The lowest BCUT2D eigenvalue weighted by molar-refractivity contribution is 0.218. The van der Waals surface area contributed by atoms with Gasteiger partial charge in [-0.15, -0.1) is 0 Å². The Balaban J connectivity index is 1.88. The fourth-order valence-electron chi connectivity index (χ4n) is 2.73. The Labute approximate surface area is 118 Å². The maximum Gasteiger partial charge on any atom is 0.318 e. The lowest BCUT2D eigenvalue weighted by Crippen LogP contribution is -2.32. The molecular weight excluding hydrogens is 250 g/mol. The van der Waals surface area contributed by atoms with E-state index in [2.05, 4.69) is 48.6 Å². The van der Waals surface area contributed by atoms with E-state index in [0.717, 1.165) is 5.56 Å². The van der Waals surface area contributed by atoms with Gasteiger partial charge in [-0.2, -0.15) is 0 Å². The highest BCUT2D eigenvalue weighted by molar-refractivity contribution is 5.84. The van der Waals surface area contributed by atoms with Crippen LogP contribution in [0.1, 0.15) is 17.2 Å². The van der Waals surface area contributed by atoms with Crippen LogP contribution in [-0.2, 0) is 0 Å². The van der Waals surface area contributed by atoms with Crippen molar-refractivity contribution in [2.45, 2.75) is 13.0 Å². The van der Waals surface area contributed by atoms with Crippen molar-refractivity contribution < 1.29 is 4.79 Å². The number of hydrogen-bond donors (Lipinski definition) is 2. The number of hydrogen-bond acceptors (Lipinski definition) is 2. The first-order valence-corrected chi connectivity index (χ1v) is 6.93. The molecule has 2 aromatic rings. The molecule has 0 bridgehead atoms.